The zero-order valence-electron chi connectivity index (χ0n) is 11.0. The summed E-state index contributed by atoms with van der Waals surface area (Å²) in [6, 6.07) is 10.3. The predicted octanol–water partition coefficient (Wildman–Crippen LogP) is 2.68. The lowest BCUT2D eigenvalue weighted by Crippen LogP contribution is -2.23. The van der Waals surface area contributed by atoms with Crippen LogP contribution in [0.4, 0.5) is 0 Å². The number of rotatable bonds is 2. The molecule has 5 heteroatoms. The van der Waals surface area contributed by atoms with Gasteiger partial charge in [0.2, 0.25) is 5.91 Å². The molecule has 1 unspecified atom stereocenters. The number of nitrogens with zero attached hydrogens (tertiary/aromatic N) is 2. The van der Waals surface area contributed by atoms with E-state index in [1.165, 1.54) is 11.9 Å². The minimum Gasteiger partial charge on any atom is -0.507 e. The highest BCUT2D eigenvalue weighted by molar-refractivity contribution is 6.04. The minimum atomic E-state index is -0.253. The fourth-order valence-electron chi connectivity index (χ4n) is 2.38. The number of hydrogen-bond acceptors (Lipinski definition) is 4. The Balaban J connectivity index is 1.97. The van der Waals surface area contributed by atoms with Crippen LogP contribution in [0, 0.1) is 0 Å². The van der Waals surface area contributed by atoms with Gasteiger partial charge in [-0.1, -0.05) is 12.1 Å². The fraction of sp³-hybridized carbons (Fsp3) is 0.200. The molecule has 102 valence electrons. The van der Waals surface area contributed by atoms with Crippen molar-refractivity contribution in [3.05, 3.63) is 54.0 Å². The lowest BCUT2D eigenvalue weighted by atomic mass is 10.0. The van der Waals surface area contributed by atoms with Crippen LogP contribution < -0.4 is 0 Å². The number of hydrogen-bond donors (Lipinski definition) is 1. The molecule has 1 aromatic carbocycles. The molecule has 1 aliphatic heterocycles. The van der Waals surface area contributed by atoms with Crippen molar-refractivity contribution in [3.8, 4) is 5.75 Å². The van der Waals surface area contributed by atoms with E-state index in [9.17, 15) is 9.90 Å². The van der Waals surface area contributed by atoms with Crippen LogP contribution in [0.25, 0.3) is 0 Å². The Morgan fingerprint density at radius 1 is 1.35 bits per heavy atom. The monoisotopic (exact) mass is 270 g/mol. The second kappa shape index (κ2) is 4.85. The molecule has 3 rings (SSSR count). The quantitative estimate of drug-likeness (QED) is 0.912. The number of carbonyl (C=O) groups excluding carboxylic acids is 1. The van der Waals surface area contributed by atoms with E-state index in [1.54, 1.807) is 30.5 Å². The maximum atomic E-state index is 11.7. The molecule has 0 bridgehead atoms. The summed E-state index contributed by atoms with van der Waals surface area (Å²) >= 11 is 0. The Morgan fingerprint density at radius 3 is 2.80 bits per heavy atom. The lowest BCUT2D eigenvalue weighted by Gasteiger charge is -2.17. The van der Waals surface area contributed by atoms with E-state index in [4.69, 9.17) is 4.42 Å². The summed E-state index contributed by atoms with van der Waals surface area (Å²) < 4.78 is 5.38. The van der Waals surface area contributed by atoms with Crippen molar-refractivity contribution < 1.29 is 14.3 Å². The van der Waals surface area contributed by atoms with Gasteiger partial charge in [-0.25, -0.2) is 5.01 Å². The van der Waals surface area contributed by atoms with Gasteiger partial charge in [0.1, 0.15) is 17.6 Å². The van der Waals surface area contributed by atoms with Gasteiger partial charge in [0.05, 0.1) is 12.0 Å². The zero-order chi connectivity index (χ0) is 14.1. The van der Waals surface area contributed by atoms with Crippen molar-refractivity contribution in [2.24, 2.45) is 5.10 Å². The van der Waals surface area contributed by atoms with E-state index < -0.39 is 0 Å². The highest BCUT2D eigenvalue weighted by Gasteiger charge is 2.33. The van der Waals surface area contributed by atoms with Crippen LogP contribution in [-0.4, -0.2) is 21.7 Å². The normalized spacial score (nSPS) is 18.1. The Morgan fingerprint density at radius 2 is 2.15 bits per heavy atom. The van der Waals surface area contributed by atoms with E-state index in [-0.39, 0.29) is 17.7 Å². The molecule has 1 amide bonds. The first-order valence-corrected chi connectivity index (χ1v) is 6.36. The van der Waals surface area contributed by atoms with Crippen molar-refractivity contribution in [1.82, 2.24) is 5.01 Å². The van der Waals surface area contributed by atoms with Gasteiger partial charge in [-0.05, 0) is 24.3 Å². The maximum absolute atomic E-state index is 11.7. The first-order valence-electron chi connectivity index (χ1n) is 6.36. The van der Waals surface area contributed by atoms with Gasteiger partial charge in [-0.3, -0.25) is 4.79 Å². The van der Waals surface area contributed by atoms with Crippen molar-refractivity contribution in [2.75, 3.05) is 0 Å². The van der Waals surface area contributed by atoms with Gasteiger partial charge in [0.25, 0.3) is 0 Å². The van der Waals surface area contributed by atoms with Crippen LogP contribution in [0.5, 0.6) is 5.75 Å². The molecule has 0 spiro atoms. The second-order valence-corrected chi connectivity index (χ2v) is 4.66. The van der Waals surface area contributed by atoms with Gasteiger partial charge in [0.15, 0.2) is 0 Å². The van der Waals surface area contributed by atoms with Gasteiger partial charge in [-0.2, -0.15) is 5.10 Å². The number of para-hydroxylation sites is 1. The van der Waals surface area contributed by atoms with Gasteiger partial charge in [-0.15, -0.1) is 0 Å². The van der Waals surface area contributed by atoms with E-state index in [1.807, 2.05) is 12.1 Å². The topological polar surface area (TPSA) is 66.0 Å². The number of furan rings is 1. The molecule has 1 N–H and O–H groups in total. The fourth-order valence-corrected chi connectivity index (χ4v) is 2.38. The lowest BCUT2D eigenvalue weighted by molar-refractivity contribution is -0.130. The predicted molar refractivity (Wildman–Crippen MR) is 73.2 cm³/mol. The molecule has 2 aromatic rings. The minimum absolute atomic E-state index is 0.156. The second-order valence-electron chi connectivity index (χ2n) is 4.66. The number of amides is 1. The molecule has 0 saturated carbocycles. The summed E-state index contributed by atoms with van der Waals surface area (Å²) in [6.45, 7) is 1.47. The summed E-state index contributed by atoms with van der Waals surface area (Å²) in [4.78, 5) is 11.7. The first-order chi connectivity index (χ1) is 9.66. The molecule has 0 aliphatic carbocycles. The molecule has 5 nitrogen and oxygen atoms in total. The third-order valence-electron chi connectivity index (χ3n) is 3.32. The summed E-state index contributed by atoms with van der Waals surface area (Å²) in [5.74, 6) is 0.695. The molecule has 2 heterocycles. The Hall–Kier alpha value is -2.56. The molecule has 0 radical (unpaired) electrons. The average molecular weight is 270 g/mol. The van der Waals surface area contributed by atoms with E-state index in [0.717, 1.165) is 0 Å². The molecular formula is C15H14N2O3. The van der Waals surface area contributed by atoms with E-state index in [2.05, 4.69) is 5.10 Å². The molecule has 1 aliphatic rings. The summed E-state index contributed by atoms with van der Waals surface area (Å²) in [5, 5.41) is 15.6. The molecular weight excluding hydrogens is 256 g/mol. The van der Waals surface area contributed by atoms with Crippen molar-refractivity contribution >= 4 is 11.6 Å². The van der Waals surface area contributed by atoms with Gasteiger partial charge >= 0.3 is 0 Å². The highest BCUT2D eigenvalue weighted by Crippen LogP contribution is 2.34. The summed E-state index contributed by atoms with van der Waals surface area (Å²) in [7, 11) is 0. The largest absolute Gasteiger partial charge is 0.507 e. The SMILES string of the molecule is CC(=O)N1N=C(c2ccccc2O)CC1c1ccco1. The zero-order valence-corrected chi connectivity index (χ0v) is 11.0. The van der Waals surface area contributed by atoms with Crippen LogP contribution >= 0.6 is 0 Å². The van der Waals surface area contributed by atoms with Crippen LogP contribution in [0.1, 0.15) is 30.7 Å². The number of phenolic OH excluding ortho intramolecular Hbond substituents is 1. The molecule has 1 atom stereocenters. The molecule has 0 saturated heterocycles. The van der Waals surface area contributed by atoms with Crippen molar-refractivity contribution in [2.45, 2.75) is 19.4 Å². The van der Waals surface area contributed by atoms with Crippen LogP contribution in [0.3, 0.4) is 0 Å². The standard InChI is InChI=1S/C15H14N2O3/c1-10(18)17-13(15-7-4-8-20-15)9-12(16-17)11-5-2-3-6-14(11)19/h2-8,13,19H,9H2,1H3. The highest BCUT2D eigenvalue weighted by atomic mass is 16.3. The smallest absolute Gasteiger partial charge is 0.240 e. The Labute approximate surface area is 116 Å². The maximum Gasteiger partial charge on any atom is 0.240 e. The van der Waals surface area contributed by atoms with Crippen LogP contribution in [0.2, 0.25) is 0 Å². The number of phenols is 1. The van der Waals surface area contributed by atoms with Crippen molar-refractivity contribution in [1.29, 1.82) is 0 Å². The summed E-state index contributed by atoms with van der Waals surface area (Å²) in [5.41, 5.74) is 1.33. The third-order valence-corrected chi connectivity index (χ3v) is 3.32. The van der Waals surface area contributed by atoms with E-state index >= 15 is 0 Å². The number of carbonyl (C=O) groups is 1. The molecule has 20 heavy (non-hydrogen) atoms. The molecule has 1 aromatic heterocycles. The van der Waals surface area contributed by atoms with Gasteiger partial charge in [0, 0.05) is 18.9 Å². The Kier molecular flexibility index (Phi) is 3.02. The Bertz CT molecular complexity index is 662. The summed E-state index contributed by atoms with van der Waals surface area (Å²) in [6.07, 6.45) is 2.09. The van der Waals surface area contributed by atoms with Crippen molar-refractivity contribution in [3.63, 3.8) is 0 Å². The van der Waals surface area contributed by atoms with Crippen LogP contribution in [-0.2, 0) is 4.79 Å². The number of benzene rings is 1. The van der Waals surface area contributed by atoms with Crippen LogP contribution in [0.15, 0.2) is 52.2 Å². The molecule has 0 fully saturated rings. The van der Waals surface area contributed by atoms with E-state index in [0.29, 0.717) is 23.5 Å². The number of hydrazone groups is 1. The first kappa shape index (κ1) is 12.5. The third kappa shape index (κ3) is 2.07. The number of aromatic hydroxyl groups is 1. The van der Waals surface area contributed by atoms with Gasteiger partial charge < -0.3 is 9.52 Å². The average Bonchev–Trinajstić information content (AvgIpc) is 3.08.